The molecule has 0 bridgehead atoms. The van der Waals surface area contributed by atoms with Crippen LogP contribution in [-0.4, -0.2) is 46.9 Å². The van der Waals surface area contributed by atoms with E-state index in [1.54, 1.807) is 6.92 Å². The topological polar surface area (TPSA) is 83.0 Å². The van der Waals surface area contributed by atoms with Crippen LogP contribution in [0.15, 0.2) is 30.3 Å². The van der Waals surface area contributed by atoms with Crippen LogP contribution >= 0.6 is 0 Å². The number of likely N-dealkylation sites (tertiary alicyclic amines) is 1. The van der Waals surface area contributed by atoms with Gasteiger partial charge in [-0.1, -0.05) is 30.3 Å². The molecule has 1 heterocycles. The van der Waals surface area contributed by atoms with Gasteiger partial charge in [-0.3, -0.25) is 9.69 Å². The average Bonchev–Trinajstić information content (AvgIpc) is 2.63. The largest absolute Gasteiger partial charge is 0.457 e. The second-order valence-electron chi connectivity index (χ2n) is 6.34. The fourth-order valence-electron chi connectivity index (χ4n) is 3.14. The first-order chi connectivity index (χ1) is 12.1. The van der Waals surface area contributed by atoms with E-state index in [9.17, 15) is 9.59 Å². The van der Waals surface area contributed by atoms with Crippen LogP contribution in [0.3, 0.4) is 0 Å². The Morgan fingerprint density at radius 3 is 2.52 bits per heavy atom. The zero-order valence-corrected chi connectivity index (χ0v) is 14.7. The fourth-order valence-corrected chi connectivity index (χ4v) is 3.14. The lowest BCUT2D eigenvalue weighted by Crippen LogP contribution is -2.34. The first-order valence-electron chi connectivity index (χ1n) is 8.82. The zero-order chi connectivity index (χ0) is 18.1. The summed E-state index contributed by atoms with van der Waals surface area (Å²) in [5.41, 5.74) is 9.68. The molecule has 1 aromatic rings. The molecule has 1 aliphatic heterocycles. The number of Topliss-reactive ketones (excluding diaryl/α,β-unsaturated/α-hetero) is 1. The van der Waals surface area contributed by atoms with Crippen LogP contribution in [0, 0.1) is 5.92 Å². The molecule has 134 valence electrons. The summed E-state index contributed by atoms with van der Waals surface area (Å²) in [6.07, 6.45) is 2.98. The van der Waals surface area contributed by atoms with Gasteiger partial charge < -0.3 is 10.3 Å². The number of carbonyl (C=O) groups excluding carboxylic acids is 2. The molecule has 1 aliphatic rings. The Balaban J connectivity index is 1.74. The Hall–Kier alpha value is -2.30. The van der Waals surface area contributed by atoms with Crippen molar-refractivity contribution >= 4 is 17.5 Å². The van der Waals surface area contributed by atoms with Crippen LogP contribution < -0.4 is 0 Å². The maximum absolute atomic E-state index is 12.0. The summed E-state index contributed by atoms with van der Waals surface area (Å²) in [4.78, 5) is 28.8. The third kappa shape index (κ3) is 5.93. The number of ether oxygens (including phenoxy) is 1. The fraction of sp³-hybridized carbons (Fsp3) is 0.526. The third-order valence-corrected chi connectivity index (χ3v) is 4.57. The molecule has 0 aromatic heterocycles. The number of hydrogen-bond acceptors (Lipinski definition) is 4. The summed E-state index contributed by atoms with van der Waals surface area (Å²) < 4.78 is 4.72. The molecule has 0 N–H and O–H groups in total. The molecular formula is C19H25N3O3. The summed E-state index contributed by atoms with van der Waals surface area (Å²) >= 11 is 0. The van der Waals surface area contributed by atoms with Crippen molar-refractivity contribution in [2.24, 2.45) is 5.92 Å². The van der Waals surface area contributed by atoms with E-state index in [4.69, 9.17) is 10.3 Å². The van der Waals surface area contributed by atoms with Crippen LogP contribution in [0.5, 0.6) is 0 Å². The van der Waals surface area contributed by atoms with Crippen LogP contribution in [-0.2, 0) is 20.9 Å². The predicted octanol–water partition coefficient (Wildman–Crippen LogP) is 2.48. The van der Waals surface area contributed by atoms with Gasteiger partial charge >= 0.3 is 11.7 Å². The van der Waals surface area contributed by atoms with E-state index in [-0.39, 0.29) is 13.0 Å². The van der Waals surface area contributed by atoms with Crippen molar-refractivity contribution in [2.75, 3.05) is 19.7 Å². The number of esters is 1. The first-order valence-corrected chi connectivity index (χ1v) is 8.82. The Morgan fingerprint density at radius 1 is 1.24 bits per heavy atom. The maximum atomic E-state index is 12.0. The summed E-state index contributed by atoms with van der Waals surface area (Å²) in [5.74, 6) is -0.849. The highest BCUT2D eigenvalue weighted by molar-refractivity contribution is 6.62. The van der Waals surface area contributed by atoms with Gasteiger partial charge in [0, 0.05) is 13.0 Å². The number of rotatable bonds is 8. The normalized spacial score (nSPS) is 15.4. The van der Waals surface area contributed by atoms with Crippen LogP contribution in [0.25, 0.3) is 5.53 Å². The van der Waals surface area contributed by atoms with E-state index in [1.807, 2.05) is 6.07 Å². The van der Waals surface area contributed by atoms with Crippen LogP contribution in [0.4, 0.5) is 0 Å². The predicted molar refractivity (Wildman–Crippen MR) is 93.9 cm³/mol. The van der Waals surface area contributed by atoms with Gasteiger partial charge in [0.15, 0.2) is 0 Å². The number of carbonyl (C=O) groups is 2. The van der Waals surface area contributed by atoms with Crippen molar-refractivity contribution in [1.82, 2.24) is 4.90 Å². The minimum absolute atomic E-state index is 0.144. The van der Waals surface area contributed by atoms with E-state index in [2.05, 4.69) is 34.0 Å². The Bertz CT molecular complexity index is 631. The minimum Gasteiger partial charge on any atom is -0.457 e. The first kappa shape index (κ1) is 19.0. The van der Waals surface area contributed by atoms with Gasteiger partial charge in [0.25, 0.3) is 5.78 Å². The van der Waals surface area contributed by atoms with E-state index in [1.165, 1.54) is 5.56 Å². The number of nitrogens with zero attached hydrogens (tertiary/aromatic N) is 3. The molecule has 2 rings (SSSR count). The highest BCUT2D eigenvalue weighted by Gasteiger charge is 2.31. The average molecular weight is 343 g/mol. The van der Waals surface area contributed by atoms with Gasteiger partial charge in [-0.15, -0.1) is 0 Å². The molecule has 6 nitrogen and oxygen atoms in total. The Kier molecular flexibility index (Phi) is 7.51. The summed E-state index contributed by atoms with van der Waals surface area (Å²) in [7, 11) is 0. The standard InChI is InChI=1S/C19H25N3O3/c1-2-25-19(24)18(21-20)17(23)9-8-15-10-12-22(13-11-15)14-16-6-4-3-5-7-16/h3-7,15H,2,8-14H2,1H3. The van der Waals surface area contributed by atoms with Crippen molar-refractivity contribution in [3.8, 4) is 0 Å². The van der Waals surface area contributed by atoms with Crippen LogP contribution in [0.2, 0.25) is 0 Å². The van der Waals surface area contributed by atoms with Gasteiger partial charge in [0.05, 0.1) is 6.61 Å². The molecule has 0 aliphatic carbocycles. The number of piperidine rings is 1. The molecule has 0 radical (unpaired) electrons. The van der Waals surface area contributed by atoms with Gasteiger partial charge in [0.2, 0.25) is 0 Å². The molecule has 0 unspecified atom stereocenters. The zero-order valence-electron chi connectivity index (χ0n) is 14.7. The molecule has 0 amide bonds. The molecule has 6 heteroatoms. The lowest BCUT2D eigenvalue weighted by Gasteiger charge is -2.31. The van der Waals surface area contributed by atoms with Gasteiger partial charge in [-0.2, -0.15) is 4.79 Å². The smallest absolute Gasteiger partial charge is 0.441 e. The Labute approximate surface area is 148 Å². The number of ketones is 1. The summed E-state index contributed by atoms with van der Waals surface area (Å²) in [6.45, 7) is 4.75. The number of benzene rings is 1. The second-order valence-corrected chi connectivity index (χ2v) is 6.34. The van der Waals surface area contributed by atoms with Crippen molar-refractivity contribution in [2.45, 2.75) is 39.2 Å². The van der Waals surface area contributed by atoms with E-state index >= 15 is 0 Å². The van der Waals surface area contributed by atoms with Crippen molar-refractivity contribution in [3.63, 3.8) is 0 Å². The van der Waals surface area contributed by atoms with Crippen molar-refractivity contribution < 1.29 is 19.1 Å². The third-order valence-electron chi connectivity index (χ3n) is 4.57. The van der Waals surface area contributed by atoms with Crippen molar-refractivity contribution in [1.29, 1.82) is 0 Å². The van der Waals surface area contributed by atoms with E-state index in [0.29, 0.717) is 12.3 Å². The molecule has 1 saturated heterocycles. The molecule has 0 spiro atoms. The van der Waals surface area contributed by atoms with Crippen LogP contribution in [0.1, 0.15) is 38.2 Å². The van der Waals surface area contributed by atoms with E-state index in [0.717, 1.165) is 32.5 Å². The maximum Gasteiger partial charge on any atom is 0.441 e. The minimum atomic E-state index is -0.854. The second kappa shape index (κ2) is 9.87. The summed E-state index contributed by atoms with van der Waals surface area (Å²) in [6, 6.07) is 10.4. The van der Waals surface area contributed by atoms with Gasteiger partial charge in [-0.25, -0.2) is 4.79 Å². The highest BCUT2D eigenvalue weighted by atomic mass is 16.5. The lowest BCUT2D eigenvalue weighted by atomic mass is 9.90. The lowest BCUT2D eigenvalue weighted by molar-refractivity contribution is -0.141. The monoisotopic (exact) mass is 343 g/mol. The van der Waals surface area contributed by atoms with E-state index < -0.39 is 17.5 Å². The molecular weight excluding hydrogens is 318 g/mol. The van der Waals surface area contributed by atoms with Gasteiger partial charge in [0.1, 0.15) is 0 Å². The molecule has 0 saturated carbocycles. The Morgan fingerprint density at radius 2 is 1.92 bits per heavy atom. The van der Waals surface area contributed by atoms with Gasteiger partial charge in [-0.05, 0) is 50.8 Å². The number of hydrogen-bond donors (Lipinski definition) is 0. The molecule has 1 fully saturated rings. The van der Waals surface area contributed by atoms with Crippen molar-refractivity contribution in [3.05, 3.63) is 41.4 Å². The SMILES string of the molecule is CCOC(=O)C(=[N+]=[N-])C(=O)CCC1CCN(Cc2ccccc2)CC1. The highest BCUT2D eigenvalue weighted by Crippen LogP contribution is 2.23. The molecule has 0 atom stereocenters. The molecule has 25 heavy (non-hydrogen) atoms. The quantitative estimate of drug-likeness (QED) is 0.239. The molecule has 1 aromatic carbocycles. The summed E-state index contributed by atoms with van der Waals surface area (Å²) in [5, 5.41) is 0.